The molecule has 2 nitrogen and oxygen atoms in total. The maximum Gasteiger partial charge on any atom is 0.119 e. The van der Waals surface area contributed by atoms with Crippen LogP contribution in [0, 0.1) is 3.57 Å². The zero-order chi connectivity index (χ0) is 12.8. The van der Waals surface area contributed by atoms with Gasteiger partial charge in [0.15, 0.2) is 0 Å². The molecule has 1 aliphatic rings. The molecule has 0 aliphatic carbocycles. The standard InChI is InChI=1S/C15H22INO/c1-13-5-4-11-17(13)10-2-3-12-18-15-8-6-14(16)7-9-15/h6-9,13H,2-5,10-12H2,1H3. The summed E-state index contributed by atoms with van der Waals surface area (Å²) in [5.74, 6) is 0.991. The topological polar surface area (TPSA) is 12.5 Å². The Bertz CT molecular complexity index is 352. The second kappa shape index (κ2) is 7.34. The fourth-order valence-electron chi connectivity index (χ4n) is 2.46. The lowest BCUT2D eigenvalue weighted by Crippen LogP contribution is -2.28. The molecule has 0 spiro atoms. The van der Waals surface area contributed by atoms with Gasteiger partial charge in [0.2, 0.25) is 0 Å². The summed E-state index contributed by atoms with van der Waals surface area (Å²) in [6.07, 6.45) is 5.14. The summed E-state index contributed by atoms with van der Waals surface area (Å²) < 4.78 is 6.98. The highest BCUT2D eigenvalue weighted by molar-refractivity contribution is 14.1. The Labute approximate surface area is 124 Å². The molecule has 3 heteroatoms. The quantitative estimate of drug-likeness (QED) is 0.564. The molecule has 1 aromatic rings. The SMILES string of the molecule is CC1CCCN1CCCCOc1ccc(I)cc1. The van der Waals surface area contributed by atoms with Gasteiger partial charge in [-0.15, -0.1) is 0 Å². The molecule has 1 unspecified atom stereocenters. The van der Waals surface area contributed by atoms with E-state index in [9.17, 15) is 0 Å². The molecule has 100 valence electrons. The van der Waals surface area contributed by atoms with E-state index >= 15 is 0 Å². The number of hydrogen-bond acceptors (Lipinski definition) is 2. The van der Waals surface area contributed by atoms with Gasteiger partial charge in [0.1, 0.15) is 5.75 Å². The Kier molecular flexibility index (Phi) is 5.76. The molecule has 0 bridgehead atoms. The van der Waals surface area contributed by atoms with Crippen molar-refractivity contribution in [2.24, 2.45) is 0 Å². The summed E-state index contributed by atoms with van der Waals surface area (Å²) in [7, 11) is 0. The van der Waals surface area contributed by atoms with Crippen LogP contribution in [0.3, 0.4) is 0 Å². The zero-order valence-corrected chi connectivity index (χ0v) is 13.2. The van der Waals surface area contributed by atoms with Crippen LogP contribution >= 0.6 is 22.6 Å². The van der Waals surface area contributed by atoms with E-state index in [4.69, 9.17) is 4.74 Å². The van der Waals surface area contributed by atoms with Crippen LogP contribution < -0.4 is 4.74 Å². The number of hydrogen-bond donors (Lipinski definition) is 0. The number of ether oxygens (including phenoxy) is 1. The fourth-order valence-corrected chi connectivity index (χ4v) is 2.82. The van der Waals surface area contributed by atoms with Crippen LogP contribution in [0.5, 0.6) is 5.75 Å². The first-order valence-corrected chi connectivity index (χ1v) is 7.96. The van der Waals surface area contributed by atoms with Crippen molar-refractivity contribution in [1.29, 1.82) is 0 Å². The third-order valence-corrected chi connectivity index (χ3v) is 4.33. The van der Waals surface area contributed by atoms with Crippen LogP contribution in [-0.2, 0) is 0 Å². The maximum atomic E-state index is 5.73. The first-order valence-electron chi connectivity index (χ1n) is 6.88. The summed E-state index contributed by atoms with van der Waals surface area (Å²) in [6, 6.07) is 9.06. The fraction of sp³-hybridized carbons (Fsp3) is 0.600. The van der Waals surface area contributed by atoms with Crippen LogP contribution in [0.1, 0.15) is 32.6 Å². The van der Waals surface area contributed by atoms with E-state index in [2.05, 4.69) is 46.5 Å². The van der Waals surface area contributed by atoms with Gasteiger partial charge in [0.05, 0.1) is 6.61 Å². The molecular formula is C15H22INO. The monoisotopic (exact) mass is 359 g/mol. The second-order valence-electron chi connectivity index (χ2n) is 5.04. The van der Waals surface area contributed by atoms with Crippen molar-refractivity contribution in [3.63, 3.8) is 0 Å². The van der Waals surface area contributed by atoms with Gasteiger partial charge in [0, 0.05) is 9.61 Å². The van der Waals surface area contributed by atoms with Crippen LogP contribution in [0.4, 0.5) is 0 Å². The smallest absolute Gasteiger partial charge is 0.119 e. The number of unbranched alkanes of at least 4 members (excludes halogenated alkanes) is 1. The van der Waals surface area contributed by atoms with Crippen LogP contribution in [0.15, 0.2) is 24.3 Å². The second-order valence-corrected chi connectivity index (χ2v) is 6.28. The van der Waals surface area contributed by atoms with Gasteiger partial charge in [-0.1, -0.05) is 0 Å². The van der Waals surface area contributed by atoms with Gasteiger partial charge in [0.25, 0.3) is 0 Å². The van der Waals surface area contributed by atoms with Crippen LogP contribution in [-0.4, -0.2) is 30.6 Å². The molecule has 1 fully saturated rings. The first kappa shape index (κ1) is 14.1. The number of likely N-dealkylation sites (tertiary alicyclic amines) is 1. The van der Waals surface area contributed by atoms with E-state index < -0.39 is 0 Å². The molecule has 1 atom stereocenters. The normalized spacial score (nSPS) is 20.2. The maximum absolute atomic E-state index is 5.73. The third kappa shape index (κ3) is 4.43. The lowest BCUT2D eigenvalue weighted by molar-refractivity contribution is 0.245. The lowest BCUT2D eigenvalue weighted by atomic mass is 10.2. The van der Waals surface area contributed by atoms with Gasteiger partial charge >= 0.3 is 0 Å². The van der Waals surface area contributed by atoms with Crippen molar-refractivity contribution >= 4 is 22.6 Å². The molecule has 1 heterocycles. The molecule has 0 amide bonds. The number of rotatable bonds is 6. The summed E-state index contributed by atoms with van der Waals surface area (Å²) in [6.45, 7) is 5.70. The Morgan fingerprint density at radius 3 is 2.72 bits per heavy atom. The minimum atomic E-state index is 0.794. The first-order chi connectivity index (χ1) is 8.75. The minimum absolute atomic E-state index is 0.794. The summed E-state index contributed by atoms with van der Waals surface area (Å²) in [5, 5.41) is 0. The predicted octanol–water partition coefficient (Wildman–Crippen LogP) is 3.93. The average molecular weight is 359 g/mol. The molecule has 0 N–H and O–H groups in total. The Balaban J connectivity index is 1.57. The van der Waals surface area contributed by atoms with Crippen molar-refractivity contribution in [2.75, 3.05) is 19.7 Å². The molecule has 2 rings (SSSR count). The van der Waals surface area contributed by atoms with E-state index in [1.165, 1.54) is 35.9 Å². The third-order valence-electron chi connectivity index (χ3n) is 3.61. The number of benzene rings is 1. The average Bonchev–Trinajstić information content (AvgIpc) is 2.77. The van der Waals surface area contributed by atoms with Gasteiger partial charge in [-0.25, -0.2) is 0 Å². The van der Waals surface area contributed by atoms with Gasteiger partial charge in [-0.3, -0.25) is 0 Å². The molecule has 1 aliphatic heterocycles. The summed E-state index contributed by atoms with van der Waals surface area (Å²) in [4.78, 5) is 2.60. The van der Waals surface area contributed by atoms with Gasteiger partial charge in [-0.2, -0.15) is 0 Å². The highest BCUT2D eigenvalue weighted by atomic mass is 127. The van der Waals surface area contributed by atoms with Crippen molar-refractivity contribution < 1.29 is 4.74 Å². The lowest BCUT2D eigenvalue weighted by Gasteiger charge is -2.20. The molecular weight excluding hydrogens is 337 g/mol. The Morgan fingerprint density at radius 2 is 2.06 bits per heavy atom. The van der Waals surface area contributed by atoms with Crippen LogP contribution in [0.25, 0.3) is 0 Å². The number of halogens is 1. The highest BCUT2D eigenvalue weighted by Gasteiger charge is 2.18. The van der Waals surface area contributed by atoms with Gasteiger partial charge in [-0.05, 0) is 92.6 Å². The highest BCUT2D eigenvalue weighted by Crippen LogP contribution is 2.17. The minimum Gasteiger partial charge on any atom is -0.494 e. The zero-order valence-electron chi connectivity index (χ0n) is 11.1. The van der Waals surface area contributed by atoms with E-state index in [-0.39, 0.29) is 0 Å². The van der Waals surface area contributed by atoms with Crippen molar-refractivity contribution in [2.45, 2.75) is 38.6 Å². The number of nitrogens with zero attached hydrogens (tertiary/aromatic N) is 1. The van der Waals surface area contributed by atoms with E-state index in [0.29, 0.717) is 0 Å². The van der Waals surface area contributed by atoms with Crippen molar-refractivity contribution in [3.05, 3.63) is 27.8 Å². The molecule has 18 heavy (non-hydrogen) atoms. The molecule has 1 saturated heterocycles. The summed E-state index contributed by atoms with van der Waals surface area (Å²) in [5.41, 5.74) is 0. The molecule has 0 radical (unpaired) electrons. The van der Waals surface area contributed by atoms with Crippen LogP contribution in [0.2, 0.25) is 0 Å². The largest absolute Gasteiger partial charge is 0.494 e. The van der Waals surface area contributed by atoms with Crippen molar-refractivity contribution in [3.8, 4) is 5.75 Å². The summed E-state index contributed by atoms with van der Waals surface area (Å²) >= 11 is 2.31. The van der Waals surface area contributed by atoms with Gasteiger partial charge < -0.3 is 9.64 Å². The van der Waals surface area contributed by atoms with E-state index in [1.807, 2.05) is 12.1 Å². The van der Waals surface area contributed by atoms with Crippen molar-refractivity contribution in [1.82, 2.24) is 4.90 Å². The molecule has 0 aromatic heterocycles. The Hall–Kier alpha value is -0.290. The van der Waals surface area contributed by atoms with E-state index in [0.717, 1.165) is 24.8 Å². The predicted molar refractivity (Wildman–Crippen MR) is 84.2 cm³/mol. The van der Waals surface area contributed by atoms with E-state index in [1.54, 1.807) is 0 Å². The molecule has 1 aromatic carbocycles. The Morgan fingerprint density at radius 1 is 1.28 bits per heavy atom. The molecule has 0 saturated carbocycles.